The zero-order chi connectivity index (χ0) is 18.4. The molecule has 0 aliphatic heterocycles. The van der Waals surface area contributed by atoms with Crippen LogP contribution in [0.5, 0.6) is 11.5 Å². The number of alkyl halides is 4. The van der Waals surface area contributed by atoms with Gasteiger partial charge in [-0.2, -0.15) is 17.6 Å². The third-order valence-electron chi connectivity index (χ3n) is 2.73. The fourth-order valence-corrected chi connectivity index (χ4v) is 1.81. The second kappa shape index (κ2) is 8.22. The van der Waals surface area contributed by atoms with E-state index in [1.165, 1.54) is 12.1 Å². The number of rotatable bonds is 8. The van der Waals surface area contributed by atoms with Crippen molar-refractivity contribution in [2.24, 2.45) is 0 Å². The third-order valence-corrected chi connectivity index (χ3v) is 2.73. The van der Waals surface area contributed by atoms with Crippen LogP contribution in [0.25, 0.3) is 0 Å². The Bertz CT molecular complexity index is 724. The predicted molar refractivity (Wildman–Crippen MR) is 78.1 cm³/mol. The van der Waals surface area contributed by atoms with Crippen molar-refractivity contribution in [1.82, 2.24) is 5.16 Å². The smallest absolute Gasteiger partial charge is 0.387 e. The Hall–Kier alpha value is -2.98. The fourth-order valence-electron chi connectivity index (χ4n) is 1.81. The number of carbonyl (C=O) groups excluding carboxylic acids is 1. The first-order chi connectivity index (χ1) is 11.8. The Balaban J connectivity index is 2.02. The van der Waals surface area contributed by atoms with Crippen molar-refractivity contribution in [3.63, 3.8) is 0 Å². The highest BCUT2D eigenvalue weighted by Crippen LogP contribution is 2.31. The van der Waals surface area contributed by atoms with Crippen molar-refractivity contribution in [3.8, 4) is 11.5 Å². The quantitative estimate of drug-likeness (QED) is 0.701. The summed E-state index contributed by atoms with van der Waals surface area (Å²) in [6, 6.07) is 4.63. The lowest BCUT2D eigenvalue weighted by Gasteiger charge is -2.14. The fraction of sp³-hybridized carbons (Fsp3) is 0.286. The summed E-state index contributed by atoms with van der Waals surface area (Å²) in [6.07, 6.45) is 0. The molecule has 0 bridgehead atoms. The zero-order valence-corrected chi connectivity index (χ0v) is 12.8. The van der Waals surface area contributed by atoms with Gasteiger partial charge in [0.1, 0.15) is 11.5 Å². The Labute approximate surface area is 138 Å². The molecule has 0 saturated carbocycles. The Morgan fingerprint density at radius 1 is 1.20 bits per heavy atom. The molecule has 2 N–H and O–H groups in total. The minimum absolute atomic E-state index is 0.00611. The summed E-state index contributed by atoms with van der Waals surface area (Å²) in [4.78, 5) is 11.8. The molecule has 11 heteroatoms. The summed E-state index contributed by atoms with van der Waals surface area (Å²) >= 11 is 0. The number of nitrogens with one attached hydrogen (secondary N) is 2. The van der Waals surface area contributed by atoms with E-state index in [0.29, 0.717) is 5.76 Å². The molecule has 1 aromatic heterocycles. The summed E-state index contributed by atoms with van der Waals surface area (Å²) in [7, 11) is 0. The van der Waals surface area contributed by atoms with Crippen LogP contribution in [-0.4, -0.2) is 30.8 Å². The van der Waals surface area contributed by atoms with E-state index in [4.69, 9.17) is 4.52 Å². The molecule has 1 aromatic carbocycles. The number of nitrogens with zero attached hydrogens (tertiary/aromatic N) is 1. The molecule has 7 nitrogen and oxygen atoms in total. The molecule has 25 heavy (non-hydrogen) atoms. The topological polar surface area (TPSA) is 85.6 Å². The number of amides is 1. The van der Waals surface area contributed by atoms with Gasteiger partial charge in [-0.15, -0.1) is 0 Å². The standard InChI is InChI=1S/C14H13F4N3O4/c1-7-4-11(21-25-7)20-12(22)6-19-9-3-2-8(23-13(15)16)5-10(9)24-14(17)18/h2-5,13-14,19H,6H2,1H3,(H,20,21,22). The van der Waals surface area contributed by atoms with E-state index < -0.39 is 24.9 Å². The van der Waals surface area contributed by atoms with Crippen LogP contribution in [0, 0.1) is 6.92 Å². The van der Waals surface area contributed by atoms with E-state index in [0.717, 1.165) is 12.1 Å². The molecule has 0 saturated heterocycles. The van der Waals surface area contributed by atoms with Crippen LogP contribution in [-0.2, 0) is 4.79 Å². The first-order valence-electron chi connectivity index (χ1n) is 6.84. The van der Waals surface area contributed by atoms with E-state index in [2.05, 4.69) is 25.3 Å². The van der Waals surface area contributed by atoms with Crippen LogP contribution in [0.1, 0.15) is 5.76 Å². The molecule has 2 rings (SSSR count). The number of benzene rings is 1. The summed E-state index contributed by atoms with van der Waals surface area (Å²) in [5, 5.41) is 8.53. The number of aromatic nitrogens is 1. The van der Waals surface area contributed by atoms with E-state index in [1.54, 1.807) is 6.92 Å². The van der Waals surface area contributed by atoms with Crippen LogP contribution in [0.15, 0.2) is 28.8 Å². The minimum atomic E-state index is -3.19. The monoisotopic (exact) mass is 363 g/mol. The van der Waals surface area contributed by atoms with E-state index in [-0.39, 0.29) is 23.8 Å². The second-order valence-corrected chi connectivity index (χ2v) is 4.64. The van der Waals surface area contributed by atoms with Crippen LogP contribution < -0.4 is 20.1 Å². The number of carbonyl (C=O) groups is 1. The van der Waals surface area contributed by atoms with Crippen molar-refractivity contribution in [1.29, 1.82) is 0 Å². The van der Waals surface area contributed by atoms with Crippen molar-refractivity contribution >= 4 is 17.4 Å². The molecule has 1 heterocycles. The van der Waals surface area contributed by atoms with Crippen molar-refractivity contribution in [2.45, 2.75) is 20.1 Å². The van der Waals surface area contributed by atoms with Crippen LogP contribution in [0.4, 0.5) is 29.1 Å². The van der Waals surface area contributed by atoms with Gasteiger partial charge in [0, 0.05) is 12.1 Å². The average Bonchev–Trinajstić information content (AvgIpc) is 2.90. The van der Waals surface area contributed by atoms with Gasteiger partial charge < -0.3 is 24.6 Å². The van der Waals surface area contributed by atoms with Gasteiger partial charge in [0.05, 0.1) is 12.2 Å². The van der Waals surface area contributed by atoms with E-state index in [9.17, 15) is 22.4 Å². The average molecular weight is 363 g/mol. The highest BCUT2D eigenvalue weighted by molar-refractivity contribution is 5.93. The molecule has 0 atom stereocenters. The van der Waals surface area contributed by atoms with Crippen LogP contribution in [0.3, 0.4) is 0 Å². The molecular weight excluding hydrogens is 350 g/mol. The molecular formula is C14H13F4N3O4. The second-order valence-electron chi connectivity index (χ2n) is 4.64. The summed E-state index contributed by atoms with van der Waals surface area (Å²) in [5.41, 5.74) is -0.00611. The number of hydrogen-bond acceptors (Lipinski definition) is 6. The molecule has 136 valence electrons. The molecule has 1 amide bonds. The molecule has 0 aliphatic rings. The lowest BCUT2D eigenvalue weighted by molar-refractivity contribution is -0.114. The van der Waals surface area contributed by atoms with Gasteiger partial charge in [-0.05, 0) is 19.1 Å². The Kier molecular flexibility index (Phi) is 6.03. The first-order valence-corrected chi connectivity index (χ1v) is 6.84. The van der Waals surface area contributed by atoms with Gasteiger partial charge in [0.2, 0.25) is 5.91 Å². The van der Waals surface area contributed by atoms with Gasteiger partial charge in [0.25, 0.3) is 0 Å². The van der Waals surface area contributed by atoms with Gasteiger partial charge in [-0.25, -0.2) is 0 Å². The molecule has 0 spiro atoms. The number of anilines is 2. The first kappa shape index (κ1) is 18.4. The van der Waals surface area contributed by atoms with E-state index >= 15 is 0 Å². The maximum Gasteiger partial charge on any atom is 0.387 e. The summed E-state index contributed by atoms with van der Waals surface area (Å²) in [5.74, 6) is -0.666. The SMILES string of the molecule is Cc1cc(NC(=O)CNc2ccc(OC(F)F)cc2OC(F)F)no1. The lowest BCUT2D eigenvalue weighted by atomic mass is 10.2. The largest absolute Gasteiger partial charge is 0.435 e. The number of aryl methyl sites for hydroxylation is 1. The van der Waals surface area contributed by atoms with Gasteiger partial charge >= 0.3 is 13.2 Å². The number of ether oxygens (including phenoxy) is 2. The molecule has 0 aliphatic carbocycles. The number of hydrogen-bond donors (Lipinski definition) is 2. The van der Waals surface area contributed by atoms with Crippen molar-refractivity contribution < 1.29 is 36.4 Å². The molecule has 2 aromatic rings. The normalized spacial score (nSPS) is 10.8. The number of halogens is 4. The van der Waals surface area contributed by atoms with Crippen LogP contribution >= 0.6 is 0 Å². The molecule has 0 radical (unpaired) electrons. The van der Waals surface area contributed by atoms with E-state index in [1.807, 2.05) is 0 Å². The highest BCUT2D eigenvalue weighted by Gasteiger charge is 2.14. The maximum atomic E-state index is 12.4. The van der Waals surface area contributed by atoms with Gasteiger partial charge in [-0.1, -0.05) is 5.16 Å². The Morgan fingerprint density at radius 3 is 2.52 bits per heavy atom. The summed E-state index contributed by atoms with van der Waals surface area (Å²) in [6.45, 7) is -4.98. The maximum absolute atomic E-state index is 12.4. The van der Waals surface area contributed by atoms with Gasteiger partial charge in [0.15, 0.2) is 11.6 Å². The Morgan fingerprint density at radius 2 is 1.92 bits per heavy atom. The third kappa shape index (κ3) is 5.86. The van der Waals surface area contributed by atoms with Crippen molar-refractivity contribution in [2.75, 3.05) is 17.2 Å². The minimum Gasteiger partial charge on any atom is -0.435 e. The van der Waals surface area contributed by atoms with Crippen LogP contribution in [0.2, 0.25) is 0 Å². The van der Waals surface area contributed by atoms with Gasteiger partial charge in [-0.3, -0.25) is 4.79 Å². The van der Waals surface area contributed by atoms with Crippen molar-refractivity contribution in [3.05, 3.63) is 30.0 Å². The highest BCUT2D eigenvalue weighted by atomic mass is 19.3. The summed E-state index contributed by atoms with van der Waals surface area (Å²) < 4.78 is 62.4. The lowest BCUT2D eigenvalue weighted by Crippen LogP contribution is -2.22. The predicted octanol–water partition coefficient (Wildman–Crippen LogP) is 3.24. The zero-order valence-electron chi connectivity index (χ0n) is 12.8. The molecule has 0 fully saturated rings. The molecule has 0 unspecified atom stereocenters.